The number of alkyl halides is 2. The van der Waals surface area contributed by atoms with Gasteiger partial charge in [-0.05, 0) is 24.6 Å². The van der Waals surface area contributed by atoms with Crippen LogP contribution in [0.15, 0.2) is 18.2 Å². The van der Waals surface area contributed by atoms with Gasteiger partial charge in [-0.2, -0.15) is 8.78 Å². The average molecular weight is 246 g/mol. The van der Waals surface area contributed by atoms with E-state index in [4.69, 9.17) is 0 Å². The largest absolute Gasteiger partial charge is 0.341 e. The second-order valence-corrected chi connectivity index (χ2v) is 4.08. The summed E-state index contributed by atoms with van der Waals surface area (Å²) in [5, 5.41) is 4.78. The zero-order chi connectivity index (χ0) is 12.3. The molecule has 0 heterocycles. The third kappa shape index (κ3) is 3.14. The van der Waals surface area contributed by atoms with E-state index in [1.807, 2.05) is 0 Å². The van der Waals surface area contributed by atoms with E-state index < -0.39 is 11.7 Å². The maximum atomic E-state index is 13.1. The molecule has 0 saturated heterocycles. The van der Waals surface area contributed by atoms with E-state index in [0.717, 1.165) is 0 Å². The highest BCUT2D eigenvalue weighted by Crippen LogP contribution is 2.37. The Balaban J connectivity index is 3.03. The number of urea groups is 1. The van der Waals surface area contributed by atoms with Crippen LogP contribution >= 0.6 is 9.24 Å². The second-order valence-electron chi connectivity index (χ2n) is 3.36. The van der Waals surface area contributed by atoms with Crippen LogP contribution in [0.1, 0.15) is 11.1 Å². The van der Waals surface area contributed by atoms with E-state index in [-0.39, 0.29) is 5.56 Å². The van der Waals surface area contributed by atoms with Crippen molar-refractivity contribution < 1.29 is 13.6 Å². The molecule has 6 heteroatoms. The number of benzene rings is 1. The molecule has 1 aromatic rings. The van der Waals surface area contributed by atoms with Gasteiger partial charge in [0, 0.05) is 18.3 Å². The fourth-order valence-electron chi connectivity index (χ4n) is 1.25. The molecule has 0 aliphatic heterocycles. The molecule has 2 N–H and O–H groups in total. The Morgan fingerprint density at radius 3 is 2.56 bits per heavy atom. The summed E-state index contributed by atoms with van der Waals surface area (Å²) in [6.07, 6.45) is 0. The zero-order valence-corrected chi connectivity index (χ0v) is 10.1. The Morgan fingerprint density at radius 2 is 2.06 bits per heavy atom. The van der Waals surface area contributed by atoms with Crippen LogP contribution in [0.2, 0.25) is 0 Å². The Hall–Kier alpha value is -1.22. The van der Waals surface area contributed by atoms with Gasteiger partial charge in [0.05, 0.1) is 0 Å². The summed E-state index contributed by atoms with van der Waals surface area (Å²) in [5.74, 6) is 0. The Bertz CT molecular complexity index is 404. The van der Waals surface area contributed by atoms with Gasteiger partial charge in [-0.1, -0.05) is 15.3 Å². The molecule has 1 atom stereocenters. The number of hydrogen-bond donors (Lipinski definition) is 2. The van der Waals surface area contributed by atoms with Crippen molar-refractivity contribution >= 4 is 21.0 Å². The van der Waals surface area contributed by atoms with E-state index in [1.165, 1.54) is 22.4 Å². The molecule has 1 aromatic carbocycles. The van der Waals surface area contributed by atoms with Crippen molar-refractivity contribution in [2.75, 3.05) is 12.4 Å². The van der Waals surface area contributed by atoms with Crippen molar-refractivity contribution in [1.82, 2.24) is 5.32 Å². The molecule has 0 bridgehead atoms. The minimum atomic E-state index is -3.00. The van der Waals surface area contributed by atoms with E-state index in [9.17, 15) is 13.6 Å². The molecule has 16 heavy (non-hydrogen) atoms. The molecule has 88 valence electrons. The summed E-state index contributed by atoms with van der Waals surface area (Å²) in [7, 11) is 2.93. The summed E-state index contributed by atoms with van der Waals surface area (Å²) in [6, 6.07) is 3.93. The van der Waals surface area contributed by atoms with Gasteiger partial charge in [0.25, 0.3) is 5.66 Å². The van der Waals surface area contributed by atoms with E-state index >= 15 is 0 Å². The maximum Gasteiger partial charge on any atom is 0.318 e. The number of carbonyl (C=O) groups excluding carboxylic acids is 1. The summed E-state index contributed by atoms with van der Waals surface area (Å²) >= 11 is 0. The van der Waals surface area contributed by atoms with Gasteiger partial charge in [-0.25, -0.2) is 4.79 Å². The first kappa shape index (κ1) is 12.8. The van der Waals surface area contributed by atoms with Gasteiger partial charge in [0.15, 0.2) is 0 Å². The van der Waals surface area contributed by atoms with E-state index in [0.29, 0.717) is 11.3 Å². The van der Waals surface area contributed by atoms with Crippen molar-refractivity contribution in [1.29, 1.82) is 0 Å². The first-order valence-corrected chi connectivity index (χ1v) is 5.19. The molecule has 1 rings (SSSR count). The molecule has 2 amide bonds. The molecule has 0 aliphatic carbocycles. The molecule has 0 aliphatic rings. The van der Waals surface area contributed by atoms with Crippen LogP contribution in [-0.2, 0) is 5.66 Å². The van der Waals surface area contributed by atoms with Crippen molar-refractivity contribution in [3.05, 3.63) is 29.3 Å². The van der Waals surface area contributed by atoms with Gasteiger partial charge in [-0.3, -0.25) is 0 Å². The SMILES string of the molecule is CNC(=O)Nc1ccc(C)c(C(F)(F)P)c1. The number of anilines is 1. The third-order valence-electron chi connectivity index (χ3n) is 2.08. The van der Waals surface area contributed by atoms with Gasteiger partial charge < -0.3 is 10.6 Å². The first-order chi connectivity index (χ1) is 7.34. The lowest BCUT2D eigenvalue weighted by Crippen LogP contribution is -2.24. The minimum absolute atomic E-state index is 0.119. The summed E-state index contributed by atoms with van der Waals surface area (Å²) in [4.78, 5) is 11.0. The highest BCUT2D eigenvalue weighted by molar-refractivity contribution is 7.17. The quantitative estimate of drug-likeness (QED) is 0.774. The molecular weight excluding hydrogens is 233 g/mol. The van der Waals surface area contributed by atoms with Gasteiger partial charge in [0.2, 0.25) is 0 Å². The van der Waals surface area contributed by atoms with Gasteiger partial charge >= 0.3 is 6.03 Å². The average Bonchev–Trinajstić information content (AvgIpc) is 2.19. The van der Waals surface area contributed by atoms with Crippen LogP contribution in [0, 0.1) is 6.92 Å². The van der Waals surface area contributed by atoms with Crippen molar-refractivity contribution in [2.24, 2.45) is 0 Å². The second kappa shape index (κ2) is 4.74. The van der Waals surface area contributed by atoms with Gasteiger partial charge in [0.1, 0.15) is 0 Å². The normalized spacial score (nSPS) is 11.1. The number of nitrogens with one attached hydrogen (secondary N) is 2. The molecule has 0 aromatic heterocycles. The fourth-order valence-corrected chi connectivity index (χ4v) is 1.56. The lowest BCUT2D eigenvalue weighted by Gasteiger charge is -2.15. The molecular formula is C10H13F2N2OP. The predicted octanol–water partition coefficient (Wildman–Crippen LogP) is 2.67. The minimum Gasteiger partial charge on any atom is -0.341 e. The zero-order valence-electron chi connectivity index (χ0n) is 8.97. The molecule has 0 fully saturated rings. The Labute approximate surface area is 94.8 Å². The van der Waals surface area contributed by atoms with Gasteiger partial charge in [-0.15, -0.1) is 0 Å². The number of hydrogen-bond acceptors (Lipinski definition) is 1. The highest BCUT2D eigenvalue weighted by atomic mass is 31.0. The summed E-state index contributed by atoms with van der Waals surface area (Å²) in [5.41, 5.74) is -2.30. The number of rotatable bonds is 2. The lowest BCUT2D eigenvalue weighted by atomic mass is 10.1. The van der Waals surface area contributed by atoms with Crippen LogP contribution in [0.4, 0.5) is 19.3 Å². The van der Waals surface area contributed by atoms with Crippen LogP contribution in [0.25, 0.3) is 0 Å². The number of carbonyl (C=O) groups is 1. The summed E-state index contributed by atoms with van der Waals surface area (Å²) in [6.45, 7) is 1.59. The molecule has 3 nitrogen and oxygen atoms in total. The van der Waals surface area contributed by atoms with Crippen LogP contribution in [0.3, 0.4) is 0 Å². The number of aryl methyl sites for hydroxylation is 1. The van der Waals surface area contributed by atoms with Crippen molar-refractivity contribution in [3.63, 3.8) is 0 Å². The highest BCUT2D eigenvalue weighted by Gasteiger charge is 2.26. The molecule has 0 radical (unpaired) electrons. The van der Waals surface area contributed by atoms with Crippen LogP contribution in [-0.4, -0.2) is 13.1 Å². The standard InChI is InChI=1S/C10H13F2N2OP/c1-6-3-4-7(14-9(15)13-2)5-8(6)10(11,12)16/h3-5H,16H2,1-2H3,(H2,13,14,15). The predicted molar refractivity (Wildman–Crippen MR) is 62.9 cm³/mol. The summed E-state index contributed by atoms with van der Waals surface area (Å²) < 4.78 is 26.3. The molecule has 0 saturated carbocycles. The fraction of sp³-hybridized carbons (Fsp3) is 0.300. The molecule has 0 spiro atoms. The number of amides is 2. The van der Waals surface area contributed by atoms with E-state index in [1.54, 1.807) is 19.1 Å². The van der Waals surface area contributed by atoms with E-state index in [2.05, 4.69) is 10.6 Å². The maximum absolute atomic E-state index is 13.1. The van der Waals surface area contributed by atoms with Crippen LogP contribution in [0.5, 0.6) is 0 Å². The third-order valence-corrected chi connectivity index (χ3v) is 2.39. The smallest absolute Gasteiger partial charge is 0.318 e. The van der Waals surface area contributed by atoms with Crippen LogP contribution < -0.4 is 10.6 Å². The number of halogens is 2. The lowest BCUT2D eigenvalue weighted by molar-refractivity contribution is 0.103. The topological polar surface area (TPSA) is 41.1 Å². The molecule has 1 unspecified atom stereocenters. The first-order valence-electron chi connectivity index (χ1n) is 4.61. The van der Waals surface area contributed by atoms with Crippen molar-refractivity contribution in [3.8, 4) is 0 Å². The Morgan fingerprint density at radius 1 is 1.44 bits per heavy atom. The monoisotopic (exact) mass is 246 g/mol. The Kier molecular flexibility index (Phi) is 3.81. The van der Waals surface area contributed by atoms with Crippen molar-refractivity contribution in [2.45, 2.75) is 12.6 Å².